The number of ether oxygens (including phenoxy) is 1. The zero-order valence-electron chi connectivity index (χ0n) is 14.9. The molecule has 1 amide bonds. The molecule has 7 heteroatoms. The molecule has 0 saturated heterocycles. The number of carbonyl (C=O) groups excluding carboxylic acids is 2. The highest BCUT2D eigenvalue weighted by Crippen LogP contribution is 2.15. The van der Waals surface area contributed by atoms with Crippen molar-refractivity contribution in [1.82, 2.24) is 9.78 Å². The molecule has 0 bridgehead atoms. The summed E-state index contributed by atoms with van der Waals surface area (Å²) in [5.41, 5.74) is 3.66. The number of amides is 1. The first-order valence-electron chi connectivity index (χ1n) is 8.28. The molecule has 3 rings (SSSR count). The fraction of sp³-hybridized carbons (Fsp3) is 0.150. The number of aromatic nitrogens is 2. The maximum atomic E-state index is 12.1. The number of nitrogens with one attached hydrogen (secondary N) is 1. The Morgan fingerprint density at radius 2 is 1.85 bits per heavy atom. The topological polar surface area (TPSA) is 73.2 Å². The monoisotopic (exact) mass is 383 g/mol. The third-order valence-corrected chi connectivity index (χ3v) is 4.04. The van der Waals surface area contributed by atoms with Crippen LogP contribution in [0.15, 0.2) is 54.6 Å². The summed E-state index contributed by atoms with van der Waals surface area (Å²) in [7, 11) is 0. The number of benzene rings is 2. The van der Waals surface area contributed by atoms with Gasteiger partial charge in [-0.15, -0.1) is 0 Å². The van der Waals surface area contributed by atoms with Crippen LogP contribution in [-0.2, 0) is 9.53 Å². The van der Waals surface area contributed by atoms with E-state index < -0.39 is 11.9 Å². The minimum Gasteiger partial charge on any atom is -0.452 e. The van der Waals surface area contributed by atoms with Crippen molar-refractivity contribution in [2.24, 2.45) is 0 Å². The molecular formula is C20H18ClN3O3. The Kier molecular flexibility index (Phi) is 5.57. The lowest BCUT2D eigenvalue weighted by Crippen LogP contribution is -2.20. The Balaban J connectivity index is 1.58. The first-order chi connectivity index (χ1) is 12.9. The summed E-state index contributed by atoms with van der Waals surface area (Å²) in [6, 6.07) is 15.5. The van der Waals surface area contributed by atoms with Crippen molar-refractivity contribution >= 4 is 29.2 Å². The normalized spacial score (nSPS) is 10.5. The predicted molar refractivity (Wildman–Crippen MR) is 103 cm³/mol. The van der Waals surface area contributed by atoms with E-state index >= 15 is 0 Å². The van der Waals surface area contributed by atoms with Crippen LogP contribution >= 0.6 is 11.6 Å². The molecular weight excluding hydrogens is 366 g/mol. The van der Waals surface area contributed by atoms with Crippen LogP contribution in [0.4, 0.5) is 5.69 Å². The van der Waals surface area contributed by atoms with Crippen molar-refractivity contribution in [2.75, 3.05) is 11.9 Å². The summed E-state index contributed by atoms with van der Waals surface area (Å²) in [6.45, 7) is 3.49. The summed E-state index contributed by atoms with van der Waals surface area (Å²) < 4.78 is 6.85. The number of anilines is 1. The van der Waals surface area contributed by atoms with E-state index in [1.165, 1.54) is 0 Å². The van der Waals surface area contributed by atoms with E-state index in [2.05, 4.69) is 10.4 Å². The largest absolute Gasteiger partial charge is 0.452 e. The standard InChI is InChI=1S/C20H18ClN3O3/c1-13-10-14(2)24(23-13)18-8-6-15(7-9-18)20(26)27-12-19(25)22-17-5-3-4-16(21)11-17/h3-11H,12H2,1-2H3,(H,22,25). The molecule has 0 spiro atoms. The first-order valence-corrected chi connectivity index (χ1v) is 8.66. The van der Waals surface area contributed by atoms with E-state index in [9.17, 15) is 9.59 Å². The van der Waals surface area contributed by atoms with E-state index in [0.717, 1.165) is 17.1 Å². The minimum atomic E-state index is -0.573. The van der Waals surface area contributed by atoms with Gasteiger partial charge in [-0.25, -0.2) is 9.48 Å². The van der Waals surface area contributed by atoms with Crippen LogP contribution in [-0.4, -0.2) is 28.3 Å². The van der Waals surface area contributed by atoms with E-state index in [4.69, 9.17) is 16.3 Å². The lowest BCUT2D eigenvalue weighted by atomic mass is 10.2. The summed E-state index contributed by atoms with van der Waals surface area (Å²) in [5, 5.41) is 7.52. The van der Waals surface area contributed by atoms with Crippen molar-refractivity contribution in [1.29, 1.82) is 0 Å². The minimum absolute atomic E-state index is 0.357. The van der Waals surface area contributed by atoms with Gasteiger partial charge in [0.25, 0.3) is 5.91 Å². The molecule has 0 aliphatic rings. The zero-order chi connectivity index (χ0) is 19.4. The molecule has 0 aliphatic heterocycles. The second kappa shape index (κ2) is 8.05. The highest BCUT2D eigenvalue weighted by atomic mass is 35.5. The van der Waals surface area contributed by atoms with Crippen LogP contribution in [0.5, 0.6) is 0 Å². The molecule has 0 radical (unpaired) electrons. The number of aryl methyl sites for hydroxylation is 2. The number of esters is 1. The number of rotatable bonds is 5. The van der Waals surface area contributed by atoms with Gasteiger partial charge in [-0.3, -0.25) is 4.79 Å². The van der Waals surface area contributed by atoms with Crippen molar-refractivity contribution in [3.63, 3.8) is 0 Å². The molecule has 0 aliphatic carbocycles. The van der Waals surface area contributed by atoms with E-state index in [-0.39, 0.29) is 6.61 Å². The van der Waals surface area contributed by atoms with Gasteiger partial charge in [-0.1, -0.05) is 17.7 Å². The second-order valence-electron chi connectivity index (χ2n) is 6.02. The molecule has 27 heavy (non-hydrogen) atoms. The number of carbonyl (C=O) groups is 2. The zero-order valence-corrected chi connectivity index (χ0v) is 15.7. The lowest BCUT2D eigenvalue weighted by molar-refractivity contribution is -0.119. The van der Waals surface area contributed by atoms with Crippen molar-refractivity contribution < 1.29 is 14.3 Å². The molecule has 6 nitrogen and oxygen atoms in total. The van der Waals surface area contributed by atoms with Gasteiger partial charge >= 0.3 is 5.97 Å². The molecule has 2 aromatic carbocycles. The van der Waals surface area contributed by atoms with Gasteiger partial charge < -0.3 is 10.1 Å². The second-order valence-corrected chi connectivity index (χ2v) is 6.46. The molecule has 1 heterocycles. The Labute approximate surface area is 161 Å². The molecule has 3 aromatic rings. The number of hydrogen-bond acceptors (Lipinski definition) is 4. The Morgan fingerprint density at radius 3 is 2.48 bits per heavy atom. The highest BCUT2D eigenvalue weighted by molar-refractivity contribution is 6.30. The molecule has 138 valence electrons. The van der Waals surface area contributed by atoms with Gasteiger partial charge in [0.05, 0.1) is 16.9 Å². The molecule has 0 saturated carbocycles. The SMILES string of the molecule is Cc1cc(C)n(-c2ccc(C(=O)OCC(=O)Nc3cccc(Cl)c3)cc2)n1. The van der Waals surface area contributed by atoms with Crippen LogP contribution in [0.25, 0.3) is 5.69 Å². The van der Waals surface area contributed by atoms with Crippen LogP contribution in [0, 0.1) is 13.8 Å². The average molecular weight is 384 g/mol. The molecule has 1 aromatic heterocycles. The van der Waals surface area contributed by atoms with E-state index in [0.29, 0.717) is 16.3 Å². The average Bonchev–Trinajstić information content (AvgIpc) is 2.98. The van der Waals surface area contributed by atoms with Crippen molar-refractivity contribution in [2.45, 2.75) is 13.8 Å². The van der Waals surface area contributed by atoms with E-state index in [1.54, 1.807) is 53.2 Å². The van der Waals surface area contributed by atoms with Crippen molar-refractivity contribution in [3.05, 3.63) is 76.6 Å². The Hall–Kier alpha value is -3.12. The van der Waals surface area contributed by atoms with Crippen LogP contribution < -0.4 is 5.32 Å². The van der Waals surface area contributed by atoms with Gasteiger partial charge in [0.2, 0.25) is 0 Å². The molecule has 0 unspecified atom stereocenters. The van der Waals surface area contributed by atoms with Crippen LogP contribution in [0.1, 0.15) is 21.7 Å². The molecule has 0 fully saturated rings. The number of nitrogens with zero attached hydrogens (tertiary/aromatic N) is 2. The van der Waals surface area contributed by atoms with Gasteiger partial charge in [0, 0.05) is 16.4 Å². The maximum absolute atomic E-state index is 12.1. The molecule has 0 atom stereocenters. The lowest BCUT2D eigenvalue weighted by Gasteiger charge is -2.08. The summed E-state index contributed by atoms with van der Waals surface area (Å²) >= 11 is 5.86. The highest BCUT2D eigenvalue weighted by Gasteiger charge is 2.11. The summed E-state index contributed by atoms with van der Waals surface area (Å²) in [5.74, 6) is -1.01. The summed E-state index contributed by atoms with van der Waals surface area (Å²) in [6.07, 6.45) is 0. The smallest absolute Gasteiger partial charge is 0.338 e. The van der Waals surface area contributed by atoms with Crippen LogP contribution in [0.3, 0.4) is 0 Å². The van der Waals surface area contributed by atoms with Gasteiger partial charge in [-0.05, 0) is 62.4 Å². The van der Waals surface area contributed by atoms with Gasteiger partial charge in [-0.2, -0.15) is 5.10 Å². The fourth-order valence-corrected chi connectivity index (χ4v) is 2.80. The quantitative estimate of drug-likeness (QED) is 0.677. The number of hydrogen-bond donors (Lipinski definition) is 1. The van der Waals surface area contributed by atoms with Crippen molar-refractivity contribution in [3.8, 4) is 5.69 Å². The predicted octanol–water partition coefficient (Wildman–Crippen LogP) is 3.94. The number of halogens is 1. The Bertz CT molecular complexity index is 980. The molecule has 1 N–H and O–H groups in total. The third-order valence-electron chi connectivity index (χ3n) is 3.80. The van der Waals surface area contributed by atoms with Crippen LogP contribution in [0.2, 0.25) is 5.02 Å². The third kappa shape index (κ3) is 4.74. The Morgan fingerprint density at radius 1 is 1.11 bits per heavy atom. The summed E-state index contributed by atoms with van der Waals surface area (Å²) in [4.78, 5) is 24.0. The van der Waals surface area contributed by atoms with E-state index in [1.807, 2.05) is 19.9 Å². The fourth-order valence-electron chi connectivity index (χ4n) is 2.61. The van der Waals surface area contributed by atoms with Gasteiger partial charge in [0.15, 0.2) is 6.61 Å². The first kappa shape index (κ1) is 18.7. The maximum Gasteiger partial charge on any atom is 0.338 e. The van der Waals surface area contributed by atoms with Gasteiger partial charge in [0.1, 0.15) is 0 Å².